The van der Waals surface area contributed by atoms with Gasteiger partial charge in [0.15, 0.2) is 0 Å². The number of aryl methyl sites for hydroxylation is 2. The lowest BCUT2D eigenvalue weighted by molar-refractivity contribution is 0.0703. The minimum atomic E-state index is -0.319. The number of nitrogens with one attached hydrogen (secondary N) is 2. The number of pyridine rings is 1. The Bertz CT molecular complexity index is 747. The maximum Gasteiger partial charge on any atom is 0.260 e. The zero-order valence-corrected chi connectivity index (χ0v) is 12.8. The van der Waals surface area contributed by atoms with Gasteiger partial charge >= 0.3 is 0 Å². The van der Waals surface area contributed by atoms with Crippen molar-refractivity contribution in [2.75, 3.05) is 13.1 Å². The lowest BCUT2D eigenvalue weighted by Gasteiger charge is -2.31. The fourth-order valence-electron chi connectivity index (χ4n) is 2.94. The molecule has 1 fully saturated rings. The van der Waals surface area contributed by atoms with Crippen LogP contribution in [0.15, 0.2) is 23.1 Å². The first-order valence-corrected chi connectivity index (χ1v) is 7.55. The first-order valence-electron chi connectivity index (χ1n) is 7.55. The fraction of sp³-hybridized carbons (Fsp3) is 0.438. The SMILES string of the molecule is Cc1cnc([C@@H]2CCCN(C(=O)c3ccc(C)[nH]c3=O)C2)[nH]1. The summed E-state index contributed by atoms with van der Waals surface area (Å²) >= 11 is 0. The molecule has 0 aromatic carbocycles. The van der Waals surface area contributed by atoms with Crippen molar-refractivity contribution in [3.8, 4) is 0 Å². The van der Waals surface area contributed by atoms with Crippen molar-refractivity contribution in [2.45, 2.75) is 32.6 Å². The molecule has 0 spiro atoms. The standard InChI is InChI=1S/C16H20N4O2/c1-10-5-6-13(15(21)19-10)16(22)20-7-3-4-12(9-20)14-17-8-11(2)18-14/h5-6,8,12H,3-4,7,9H2,1-2H3,(H,17,18)(H,19,21)/t12-/m1/s1. The van der Waals surface area contributed by atoms with E-state index in [-0.39, 0.29) is 22.9 Å². The van der Waals surface area contributed by atoms with Crippen molar-refractivity contribution in [3.05, 3.63) is 51.5 Å². The highest BCUT2D eigenvalue weighted by Crippen LogP contribution is 2.25. The highest BCUT2D eigenvalue weighted by molar-refractivity contribution is 5.93. The summed E-state index contributed by atoms with van der Waals surface area (Å²) in [6.45, 7) is 5.04. The Morgan fingerprint density at radius 2 is 2.09 bits per heavy atom. The van der Waals surface area contributed by atoms with Crippen LogP contribution in [0.5, 0.6) is 0 Å². The van der Waals surface area contributed by atoms with Gasteiger partial charge in [-0.15, -0.1) is 0 Å². The molecule has 2 aromatic heterocycles. The summed E-state index contributed by atoms with van der Waals surface area (Å²) in [5.41, 5.74) is 1.67. The van der Waals surface area contributed by atoms with Gasteiger partial charge in [-0.1, -0.05) is 0 Å². The molecule has 1 atom stereocenters. The third-order valence-electron chi connectivity index (χ3n) is 4.10. The molecule has 1 aliphatic heterocycles. The minimum Gasteiger partial charge on any atom is -0.346 e. The molecule has 22 heavy (non-hydrogen) atoms. The molecule has 6 heteroatoms. The van der Waals surface area contributed by atoms with Gasteiger partial charge in [0, 0.05) is 36.6 Å². The topological polar surface area (TPSA) is 81.8 Å². The van der Waals surface area contributed by atoms with Gasteiger partial charge in [-0.25, -0.2) is 4.98 Å². The number of rotatable bonds is 2. The van der Waals surface area contributed by atoms with Crippen LogP contribution in [0.25, 0.3) is 0 Å². The van der Waals surface area contributed by atoms with Gasteiger partial charge in [-0.2, -0.15) is 0 Å². The zero-order valence-electron chi connectivity index (χ0n) is 12.8. The predicted octanol–water partition coefficient (Wildman–Crippen LogP) is 1.73. The van der Waals surface area contributed by atoms with Gasteiger partial charge in [0.25, 0.3) is 11.5 Å². The summed E-state index contributed by atoms with van der Waals surface area (Å²) in [5.74, 6) is 0.929. The number of nitrogens with zero attached hydrogens (tertiary/aromatic N) is 2. The molecule has 0 aliphatic carbocycles. The highest BCUT2D eigenvalue weighted by atomic mass is 16.2. The molecule has 0 bridgehead atoms. The van der Waals surface area contributed by atoms with Gasteiger partial charge in [-0.05, 0) is 38.8 Å². The molecule has 2 aromatic rings. The van der Waals surface area contributed by atoms with Crippen LogP contribution in [0.2, 0.25) is 0 Å². The molecular weight excluding hydrogens is 280 g/mol. The van der Waals surface area contributed by atoms with E-state index in [0.29, 0.717) is 13.1 Å². The summed E-state index contributed by atoms with van der Waals surface area (Å²) in [5, 5.41) is 0. The van der Waals surface area contributed by atoms with Gasteiger partial charge in [-0.3, -0.25) is 9.59 Å². The molecule has 1 amide bonds. The van der Waals surface area contributed by atoms with E-state index in [1.807, 2.05) is 6.92 Å². The van der Waals surface area contributed by atoms with Crippen LogP contribution in [0.3, 0.4) is 0 Å². The predicted molar refractivity (Wildman–Crippen MR) is 83.0 cm³/mol. The second-order valence-electron chi connectivity index (χ2n) is 5.93. The molecule has 3 heterocycles. The van der Waals surface area contributed by atoms with E-state index in [1.54, 1.807) is 30.2 Å². The molecule has 0 unspecified atom stereocenters. The fourth-order valence-corrected chi connectivity index (χ4v) is 2.94. The van der Waals surface area contributed by atoms with Crippen LogP contribution < -0.4 is 5.56 Å². The van der Waals surface area contributed by atoms with Crippen LogP contribution in [-0.2, 0) is 0 Å². The number of hydrogen-bond acceptors (Lipinski definition) is 3. The van der Waals surface area contributed by atoms with E-state index in [0.717, 1.165) is 30.1 Å². The minimum absolute atomic E-state index is 0.200. The maximum atomic E-state index is 12.6. The first kappa shape index (κ1) is 14.6. The lowest BCUT2D eigenvalue weighted by Crippen LogP contribution is -2.41. The summed E-state index contributed by atoms with van der Waals surface area (Å²) in [6, 6.07) is 3.36. The van der Waals surface area contributed by atoms with E-state index in [1.165, 1.54) is 0 Å². The van der Waals surface area contributed by atoms with Crippen LogP contribution in [0.1, 0.15) is 46.3 Å². The molecule has 0 saturated carbocycles. The van der Waals surface area contributed by atoms with Crippen molar-refractivity contribution in [1.82, 2.24) is 19.9 Å². The van der Waals surface area contributed by atoms with E-state index < -0.39 is 0 Å². The van der Waals surface area contributed by atoms with Crippen LogP contribution in [-0.4, -0.2) is 38.8 Å². The van der Waals surface area contributed by atoms with Gasteiger partial charge in [0.1, 0.15) is 11.4 Å². The Balaban J connectivity index is 1.79. The number of aromatic amines is 2. The monoisotopic (exact) mass is 300 g/mol. The summed E-state index contributed by atoms with van der Waals surface area (Å²) in [6.07, 6.45) is 3.72. The maximum absolute atomic E-state index is 12.6. The molecular formula is C16H20N4O2. The average Bonchev–Trinajstić information content (AvgIpc) is 2.93. The summed E-state index contributed by atoms with van der Waals surface area (Å²) < 4.78 is 0. The Labute approximate surface area is 128 Å². The van der Waals surface area contributed by atoms with E-state index in [4.69, 9.17) is 0 Å². The number of carbonyl (C=O) groups excluding carboxylic acids is 1. The normalized spacial score (nSPS) is 18.5. The molecule has 1 saturated heterocycles. The highest BCUT2D eigenvalue weighted by Gasteiger charge is 2.28. The van der Waals surface area contributed by atoms with Crippen LogP contribution >= 0.6 is 0 Å². The van der Waals surface area contributed by atoms with E-state index in [2.05, 4.69) is 15.0 Å². The van der Waals surface area contributed by atoms with Crippen LogP contribution in [0, 0.1) is 13.8 Å². The first-order chi connectivity index (χ1) is 10.5. The summed E-state index contributed by atoms with van der Waals surface area (Å²) in [7, 11) is 0. The Morgan fingerprint density at radius 1 is 1.27 bits per heavy atom. The number of likely N-dealkylation sites (tertiary alicyclic amines) is 1. The second-order valence-corrected chi connectivity index (χ2v) is 5.93. The molecule has 116 valence electrons. The third kappa shape index (κ3) is 2.81. The van der Waals surface area contributed by atoms with Crippen molar-refractivity contribution in [1.29, 1.82) is 0 Å². The lowest BCUT2D eigenvalue weighted by atomic mass is 9.97. The van der Waals surface area contributed by atoms with Crippen molar-refractivity contribution >= 4 is 5.91 Å². The number of amides is 1. The van der Waals surface area contributed by atoms with Crippen LogP contribution in [0.4, 0.5) is 0 Å². The number of carbonyl (C=O) groups is 1. The Kier molecular flexibility index (Phi) is 3.83. The zero-order chi connectivity index (χ0) is 15.7. The van der Waals surface area contributed by atoms with Crippen molar-refractivity contribution in [2.24, 2.45) is 0 Å². The molecule has 1 aliphatic rings. The van der Waals surface area contributed by atoms with Gasteiger partial charge in [0.2, 0.25) is 0 Å². The third-order valence-corrected chi connectivity index (χ3v) is 4.10. The van der Waals surface area contributed by atoms with Crippen molar-refractivity contribution < 1.29 is 4.79 Å². The smallest absolute Gasteiger partial charge is 0.260 e. The molecule has 3 rings (SSSR count). The van der Waals surface area contributed by atoms with E-state index >= 15 is 0 Å². The molecule has 0 radical (unpaired) electrons. The second kappa shape index (κ2) is 5.79. The molecule has 2 N–H and O–H groups in total. The largest absolute Gasteiger partial charge is 0.346 e. The Morgan fingerprint density at radius 3 is 2.77 bits per heavy atom. The van der Waals surface area contributed by atoms with Crippen molar-refractivity contribution in [3.63, 3.8) is 0 Å². The van der Waals surface area contributed by atoms with Gasteiger partial charge in [0.05, 0.1) is 0 Å². The number of H-pyrrole nitrogens is 2. The molecule has 6 nitrogen and oxygen atoms in total. The quantitative estimate of drug-likeness (QED) is 0.886. The number of aromatic nitrogens is 3. The number of imidazole rings is 1. The summed E-state index contributed by atoms with van der Waals surface area (Å²) in [4.78, 5) is 36.6. The number of hydrogen-bond donors (Lipinski definition) is 2. The van der Waals surface area contributed by atoms with E-state index in [9.17, 15) is 9.59 Å². The van der Waals surface area contributed by atoms with Gasteiger partial charge < -0.3 is 14.9 Å². The average molecular weight is 300 g/mol. The Hall–Kier alpha value is -2.37. The number of piperidine rings is 1.